The molecule has 0 aliphatic carbocycles. The molecule has 0 unspecified atom stereocenters. The molecule has 0 saturated carbocycles. The Balaban J connectivity index is 1.81. The third kappa shape index (κ3) is 5.72. The van der Waals surface area contributed by atoms with Gasteiger partial charge in [0.15, 0.2) is 0 Å². The molecule has 2 amide bonds. The van der Waals surface area contributed by atoms with Crippen LogP contribution in [0.3, 0.4) is 0 Å². The molecule has 2 aromatic carbocycles. The van der Waals surface area contributed by atoms with E-state index in [1.165, 1.54) is 0 Å². The third-order valence-electron chi connectivity index (χ3n) is 5.15. The van der Waals surface area contributed by atoms with Crippen molar-refractivity contribution in [1.82, 2.24) is 4.90 Å². The average molecular weight is 426 g/mol. The Bertz CT molecular complexity index is 981. The van der Waals surface area contributed by atoms with E-state index in [-0.39, 0.29) is 18.9 Å². The molecule has 0 spiro atoms. The Kier molecular flexibility index (Phi) is 6.54. The molecule has 31 heavy (non-hydrogen) atoms. The fourth-order valence-electron chi connectivity index (χ4n) is 3.61. The summed E-state index contributed by atoms with van der Waals surface area (Å²) < 4.78 is 27.6. The molecule has 1 aliphatic heterocycles. The number of carbonyl (C=O) groups is 3. The third-order valence-corrected chi connectivity index (χ3v) is 5.15. The first-order chi connectivity index (χ1) is 15.6. The van der Waals surface area contributed by atoms with E-state index in [1.807, 2.05) is 38.1 Å². The van der Waals surface area contributed by atoms with Crippen LogP contribution >= 0.6 is 0 Å². The quantitative estimate of drug-likeness (QED) is 0.563. The van der Waals surface area contributed by atoms with Gasteiger partial charge >= 0.3 is 12.1 Å². The highest BCUT2D eigenvalue weighted by molar-refractivity contribution is 5.96. The number of amides is 2. The number of carbonyl (C=O) groups excluding carboxylic acids is 3. The normalized spacial score (nSPS) is 20.6. The minimum absolute atomic E-state index is 0.0682. The Morgan fingerprint density at radius 3 is 2.32 bits per heavy atom. The largest absolute Gasteiger partial charge is 0.461 e. The molecule has 0 bridgehead atoms. The standard InChI is InChI=1S/C25H29NO5/c1-17(2)14-21(15-22(27)30-16-19-10-6-4-7-11-19)24(28)26-18(3)23(31-25(26)29)20-12-8-5-9-13-20/h4-13,17-18,21,23H,14-16H2,1-3H3/t18-,21+,23-/m1/s1/i15D2. The molecule has 6 nitrogen and oxygen atoms in total. The Morgan fingerprint density at radius 1 is 1.10 bits per heavy atom. The van der Waals surface area contributed by atoms with Crippen LogP contribution in [0.25, 0.3) is 0 Å². The van der Waals surface area contributed by atoms with Gasteiger partial charge in [0.2, 0.25) is 5.91 Å². The van der Waals surface area contributed by atoms with Crippen LogP contribution in [-0.2, 0) is 25.7 Å². The monoisotopic (exact) mass is 425 g/mol. The summed E-state index contributed by atoms with van der Waals surface area (Å²) in [5.41, 5.74) is 1.44. The smallest absolute Gasteiger partial charge is 0.417 e. The minimum atomic E-state index is -2.62. The molecule has 164 valence electrons. The predicted octanol–water partition coefficient (Wildman–Crippen LogP) is 4.89. The summed E-state index contributed by atoms with van der Waals surface area (Å²) in [6.07, 6.45) is -4.07. The fraction of sp³-hybridized carbons (Fsp3) is 0.400. The number of benzene rings is 2. The van der Waals surface area contributed by atoms with Crippen LogP contribution in [0.15, 0.2) is 60.7 Å². The summed E-state index contributed by atoms with van der Waals surface area (Å²) in [4.78, 5) is 39.8. The fourth-order valence-corrected chi connectivity index (χ4v) is 3.61. The number of hydrogen-bond donors (Lipinski definition) is 0. The number of hydrogen-bond acceptors (Lipinski definition) is 5. The van der Waals surface area contributed by atoms with Crippen molar-refractivity contribution in [2.24, 2.45) is 11.8 Å². The first-order valence-electron chi connectivity index (χ1n) is 11.4. The van der Waals surface area contributed by atoms with Gasteiger partial charge in [-0.3, -0.25) is 9.59 Å². The highest BCUT2D eigenvalue weighted by atomic mass is 16.6. The number of imide groups is 1. The van der Waals surface area contributed by atoms with Crippen LogP contribution < -0.4 is 0 Å². The highest BCUT2D eigenvalue weighted by Gasteiger charge is 2.45. The summed E-state index contributed by atoms with van der Waals surface area (Å²) in [5.74, 6) is -3.41. The summed E-state index contributed by atoms with van der Waals surface area (Å²) in [7, 11) is 0. The van der Waals surface area contributed by atoms with Crippen LogP contribution in [0.2, 0.25) is 0 Å². The van der Waals surface area contributed by atoms with Crippen molar-refractivity contribution in [1.29, 1.82) is 0 Å². The molecule has 0 N–H and O–H groups in total. The lowest BCUT2D eigenvalue weighted by molar-refractivity contribution is -0.150. The molecular formula is C25H29NO5. The van der Waals surface area contributed by atoms with Gasteiger partial charge in [0.1, 0.15) is 12.7 Å². The zero-order valence-corrected chi connectivity index (χ0v) is 18.0. The van der Waals surface area contributed by atoms with Gasteiger partial charge in [0, 0.05) is 8.66 Å². The van der Waals surface area contributed by atoms with Crippen LogP contribution in [-0.4, -0.2) is 28.9 Å². The molecule has 3 rings (SSSR count). The van der Waals surface area contributed by atoms with Crippen molar-refractivity contribution in [3.8, 4) is 0 Å². The lowest BCUT2D eigenvalue weighted by atomic mass is 9.92. The lowest BCUT2D eigenvalue weighted by Crippen LogP contribution is -2.42. The zero-order chi connectivity index (χ0) is 24.2. The van der Waals surface area contributed by atoms with Crippen LogP contribution in [0.4, 0.5) is 4.79 Å². The van der Waals surface area contributed by atoms with Gasteiger partial charge in [-0.1, -0.05) is 74.5 Å². The molecule has 1 aliphatic rings. The summed E-state index contributed by atoms with van der Waals surface area (Å²) in [6.45, 7) is 5.21. The Labute approximate surface area is 186 Å². The summed E-state index contributed by atoms with van der Waals surface area (Å²) in [6, 6.07) is 17.3. The number of esters is 1. The molecule has 1 fully saturated rings. The molecule has 1 heterocycles. The molecule has 6 heteroatoms. The van der Waals surface area contributed by atoms with Crippen molar-refractivity contribution < 1.29 is 26.6 Å². The van der Waals surface area contributed by atoms with E-state index in [4.69, 9.17) is 12.2 Å². The summed E-state index contributed by atoms with van der Waals surface area (Å²) >= 11 is 0. The van der Waals surface area contributed by atoms with Gasteiger partial charge in [0.05, 0.1) is 12.4 Å². The van der Waals surface area contributed by atoms with Gasteiger partial charge in [-0.05, 0) is 30.4 Å². The molecule has 3 atom stereocenters. The molecule has 1 saturated heterocycles. The van der Waals surface area contributed by atoms with E-state index in [1.54, 1.807) is 43.3 Å². The van der Waals surface area contributed by atoms with Crippen LogP contribution in [0, 0.1) is 11.8 Å². The lowest BCUT2D eigenvalue weighted by Gasteiger charge is -2.25. The maximum Gasteiger partial charge on any atom is 0.417 e. The first-order valence-corrected chi connectivity index (χ1v) is 10.4. The Hall–Kier alpha value is -3.15. The maximum atomic E-state index is 13.5. The number of cyclic esters (lactones) is 1. The number of ether oxygens (including phenoxy) is 2. The average Bonchev–Trinajstić information content (AvgIpc) is 3.10. The second kappa shape index (κ2) is 10.2. The topological polar surface area (TPSA) is 72.9 Å². The van der Waals surface area contributed by atoms with E-state index in [0.29, 0.717) is 5.56 Å². The second-order valence-electron chi connectivity index (χ2n) is 8.05. The second-order valence-corrected chi connectivity index (χ2v) is 8.05. The molecule has 0 radical (unpaired) electrons. The number of rotatable bonds is 8. The van der Waals surface area contributed by atoms with Crippen molar-refractivity contribution in [2.45, 2.75) is 52.3 Å². The van der Waals surface area contributed by atoms with E-state index in [9.17, 15) is 14.4 Å². The molecule has 0 aromatic heterocycles. The van der Waals surface area contributed by atoms with E-state index in [2.05, 4.69) is 0 Å². The summed E-state index contributed by atoms with van der Waals surface area (Å²) in [5, 5.41) is 0. The van der Waals surface area contributed by atoms with Crippen molar-refractivity contribution >= 4 is 18.0 Å². The maximum absolute atomic E-state index is 13.5. The highest BCUT2D eigenvalue weighted by Crippen LogP contribution is 2.34. The van der Waals surface area contributed by atoms with E-state index < -0.39 is 42.4 Å². The van der Waals surface area contributed by atoms with Crippen LogP contribution in [0.5, 0.6) is 0 Å². The van der Waals surface area contributed by atoms with Crippen molar-refractivity contribution in [3.05, 3.63) is 71.8 Å². The van der Waals surface area contributed by atoms with Gasteiger partial charge in [-0.15, -0.1) is 0 Å². The first kappa shape index (κ1) is 19.8. The number of nitrogens with zero attached hydrogens (tertiary/aromatic N) is 1. The van der Waals surface area contributed by atoms with Gasteiger partial charge in [-0.25, -0.2) is 9.69 Å². The van der Waals surface area contributed by atoms with E-state index >= 15 is 0 Å². The molecular weight excluding hydrogens is 394 g/mol. The van der Waals surface area contributed by atoms with Gasteiger partial charge in [-0.2, -0.15) is 0 Å². The van der Waals surface area contributed by atoms with Gasteiger partial charge in [0.25, 0.3) is 0 Å². The Morgan fingerprint density at radius 2 is 1.71 bits per heavy atom. The SMILES string of the molecule is [2H]C([2H])(C(=O)OCc1ccccc1)[C@H](CC(C)C)C(=O)N1C(=O)O[C@@H](c2ccccc2)[C@H]1C. The minimum Gasteiger partial charge on any atom is -0.461 e. The van der Waals surface area contributed by atoms with Crippen molar-refractivity contribution in [3.63, 3.8) is 0 Å². The van der Waals surface area contributed by atoms with Crippen molar-refractivity contribution in [2.75, 3.05) is 0 Å². The predicted molar refractivity (Wildman–Crippen MR) is 116 cm³/mol. The zero-order valence-electron chi connectivity index (χ0n) is 20.0. The van der Waals surface area contributed by atoms with Crippen LogP contribution in [0.1, 0.15) is 53.5 Å². The molecule has 2 aromatic rings. The van der Waals surface area contributed by atoms with Gasteiger partial charge < -0.3 is 9.47 Å². The van der Waals surface area contributed by atoms with E-state index in [0.717, 1.165) is 10.5 Å².